The third-order valence-corrected chi connectivity index (χ3v) is 5.97. The molecule has 2 N–H and O–H groups in total. The zero-order chi connectivity index (χ0) is 22.7. The van der Waals surface area contributed by atoms with Crippen LogP contribution in [0.2, 0.25) is 5.02 Å². The maximum Gasteiger partial charge on any atom is 0.258 e. The van der Waals surface area contributed by atoms with Gasteiger partial charge in [0.25, 0.3) is 5.91 Å². The number of hydrogen-bond donors (Lipinski definition) is 2. The third kappa shape index (κ3) is 5.67. The first-order valence-electron chi connectivity index (χ1n) is 10.1. The SMILES string of the molecule is CS(=O)(=O)Nc1cc(Cl)cc(NC(=O)c2cnn([C@@H]3CC[C@H]3OCc3ccccc3)c2)c1. The van der Waals surface area contributed by atoms with Gasteiger partial charge >= 0.3 is 0 Å². The highest BCUT2D eigenvalue weighted by molar-refractivity contribution is 7.92. The Kier molecular flexibility index (Phi) is 6.50. The van der Waals surface area contributed by atoms with Gasteiger partial charge in [-0.15, -0.1) is 0 Å². The van der Waals surface area contributed by atoms with E-state index in [1.807, 2.05) is 30.3 Å². The number of hydrogen-bond acceptors (Lipinski definition) is 5. The fraction of sp³-hybridized carbons (Fsp3) is 0.273. The summed E-state index contributed by atoms with van der Waals surface area (Å²) in [6.07, 6.45) is 6.15. The molecule has 2 atom stereocenters. The van der Waals surface area contributed by atoms with Crippen LogP contribution in [0.25, 0.3) is 0 Å². The predicted molar refractivity (Wildman–Crippen MR) is 123 cm³/mol. The van der Waals surface area contributed by atoms with Crippen LogP contribution in [0, 0.1) is 0 Å². The molecule has 1 amide bonds. The first-order chi connectivity index (χ1) is 15.3. The van der Waals surface area contributed by atoms with Crippen LogP contribution in [0.1, 0.15) is 34.8 Å². The Morgan fingerprint density at radius 1 is 1.19 bits per heavy atom. The molecule has 2 aromatic carbocycles. The number of halogens is 1. The van der Waals surface area contributed by atoms with Crippen molar-refractivity contribution in [2.24, 2.45) is 0 Å². The van der Waals surface area contributed by atoms with E-state index in [0.717, 1.165) is 24.7 Å². The highest BCUT2D eigenvalue weighted by atomic mass is 35.5. The average molecular weight is 475 g/mol. The average Bonchev–Trinajstić information content (AvgIpc) is 3.15. The molecule has 1 aromatic heterocycles. The number of sulfonamides is 1. The summed E-state index contributed by atoms with van der Waals surface area (Å²) in [6, 6.07) is 14.6. The second-order valence-electron chi connectivity index (χ2n) is 7.75. The van der Waals surface area contributed by atoms with Crippen molar-refractivity contribution in [3.63, 3.8) is 0 Å². The Balaban J connectivity index is 1.39. The lowest BCUT2D eigenvalue weighted by atomic mass is 9.89. The highest BCUT2D eigenvalue weighted by Gasteiger charge is 2.34. The van der Waals surface area contributed by atoms with Gasteiger partial charge in [0.05, 0.1) is 42.5 Å². The van der Waals surface area contributed by atoms with E-state index >= 15 is 0 Å². The van der Waals surface area contributed by atoms with Crippen LogP contribution >= 0.6 is 11.6 Å². The van der Waals surface area contributed by atoms with Gasteiger partial charge in [-0.3, -0.25) is 14.2 Å². The van der Waals surface area contributed by atoms with Gasteiger partial charge in [-0.2, -0.15) is 5.10 Å². The number of nitrogens with one attached hydrogen (secondary N) is 2. The van der Waals surface area contributed by atoms with Crippen LogP contribution < -0.4 is 10.0 Å². The minimum Gasteiger partial charge on any atom is -0.371 e. The molecule has 8 nitrogen and oxygen atoms in total. The summed E-state index contributed by atoms with van der Waals surface area (Å²) in [6.45, 7) is 0.537. The number of rotatable bonds is 8. The molecular formula is C22H23ClN4O4S. The zero-order valence-electron chi connectivity index (χ0n) is 17.4. The summed E-state index contributed by atoms with van der Waals surface area (Å²) in [5.74, 6) is -0.370. The smallest absolute Gasteiger partial charge is 0.258 e. The van der Waals surface area contributed by atoms with Crippen molar-refractivity contribution in [2.75, 3.05) is 16.3 Å². The van der Waals surface area contributed by atoms with E-state index in [2.05, 4.69) is 15.1 Å². The number of nitrogens with zero attached hydrogens (tertiary/aromatic N) is 2. The number of amides is 1. The number of ether oxygens (including phenoxy) is 1. The largest absolute Gasteiger partial charge is 0.371 e. The van der Waals surface area contributed by atoms with Crippen LogP contribution in [0.3, 0.4) is 0 Å². The molecule has 1 aliphatic carbocycles. The van der Waals surface area contributed by atoms with E-state index < -0.39 is 10.0 Å². The highest BCUT2D eigenvalue weighted by Crippen LogP contribution is 2.35. The van der Waals surface area contributed by atoms with Gasteiger partial charge in [-0.25, -0.2) is 8.42 Å². The number of benzene rings is 2. The molecule has 1 fully saturated rings. The molecule has 1 aliphatic rings. The lowest BCUT2D eigenvalue weighted by Crippen LogP contribution is -2.36. The summed E-state index contributed by atoms with van der Waals surface area (Å²) in [5, 5.41) is 7.37. The molecule has 0 spiro atoms. The number of anilines is 2. The summed E-state index contributed by atoms with van der Waals surface area (Å²) >= 11 is 6.05. The van der Waals surface area contributed by atoms with Crippen molar-refractivity contribution in [2.45, 2.75) is 31.6 Å². The van der Waals surface area contributed by atoms with Crippen molar-refractivity contribution >= 4 is 38.9 Å². The van der Waals surface area contributed by atoms with Gasteiger partial charge in [-0.1, -0.05) is 41.9 Å². The van der Waals surface area contributed by atoms with Crippen LogP contribution in [0.5, 0.6) is 0 Å². The Hall–Kier alpha value is -2.88. The Bertz CT molecular complexity index is 1210. The maximum atomic E-state index is 12.7. The standard InChI is InChI=1S/C22H23ClN4O4S/c1-32(29,30)26-19-10-17(23)9-18(11-19)25-22(28)16-12-24-27(13-16)20-7-8-21(20)31-14-15-5-3-2-4-6-15/h2-6,9-13,20-21,26H,7-8,14H2,1H3,(H,25,28)/t20-,21-/m1/s1. The molecule has 4 rings (SSSR count). The maximum absolute atomic E-state index is 12.7. The second kappa shape index (κ2) is 9.32. The molecule has 32 heavy (non-hydrogen) atoms. The molecule has 3 aromatic rings. The second-order valence-corrected chi connectivity index (χ2v) is 9.93. The molecule has 0 aliphatic heterocycles. The molecule has 0 saturated heterocycles. The fourth-order valence-corrected chi connectivity index (χ4v) is 4.28. The summed E-state index contributed by atoms with van der Waals surface area (Å²) in [7, 11) is -3.47. The van der Waals surface area contributed by atoms with E-state index in [-0.39, 0.29) is 28.8 Å². The summed E-state index contributed by atoms with van der Waals surface area (Å²) in [5.41, 5.74) is 2.13. The Morgan fingerprint density at radius 3 is 2.62 bits per heavy atom. The van der Waals surface area contributed by atoms with Gasteiger partial charge in [0.1, 0.15) is 0 Å². The quantitative estimate of drug-likeness (QED) is 0.512. The summed E-state index contributed by atoms with van der Waals surface area (Å²) < 4.78 is 33.1. The molecule has 0 bridgehead atoms. The van der Waals surface area contributed by atoms with E-state index in [0.29, 0.717) is 17.9 Å². The van der Waals surface area contributed by atoms with Crippen molar-refractivity contribution < 1.29 is 17.9 Å². The minimum atomic E-state index is -3.47. The Morgan fingerprint density at radius 2 is 1.94 bits per heavy atom. The van der Waals surface area contributed by atoms with E-state index in [9.17, 15) is 13.2 Å². The molecule has 10 heteroatoms. The number of aromatic nitrogens is 2. The van der Waals surface area contributed by atoms with Crippen LogP contribution in [0.15, 0.2) is 60.9 Å². The van der Waals surface area contributed by atoms with Crippen molar-refractivity contribution in [1.82, 2.24) is 9.78 Å². The molecule has 1 saturated carbocycles. The lowest BCUT2D eigenvalue weighted by molar-refractivity contribution is -0.0530. The van der Waals surface area contributed by atoms with Crippen LogP contribution in [-0.2, 0) is 21.4 Å². The topological polar surface area (TPSA) is 102 Å². The molecule has 0 radical (unpaired) electrons. The normalized spacial score (nSPS) is 18.1. The van der Waals surface area contributed by atoms with E-state index in [1.165, 1.54) is 24.4 Å². The van der Waals surface area contributed by atoms with Gasteiger partial charge < -0.3 is 10.1 Å². The van der Waals surface area contributed by atoms with E-state index in [1.54, 1.807) is 10.9 Å². The molecule has 1 heterocycles. The van der Waals surface area contributed by atoms with Crippen molar-refractivity contribution in [3.05, 3.63) is 77.1 Å². The first kappa shape index (κ1) is 22.3. The van der Waals surface area contributed by atoms with Gasteiger partial charge in [-0.05, 0) is 36.6 Å². The van der Waals surface area contributed by atoms with Crippen LogP contribution in [0.4, 0.5) is 11.4 Å². The predicted octanol–water partition coefficient (Wildman–Crippen LogP) is 4.08. The minimum absolute atomic E-state index is 0.0450. The zero-order valence-corrected chi connectivity index (χ0v) is 18.9. The fourth-order valence-electron chi connectivity index (χ4n) is 3.50. The van der Waals surface area contributed by atoms with Crippen LogP contribution in [-0.4, -0.2) is 36.5 Å². The van der Waals surface area contributed by atoms with Gasteiger partial charge in [0.2, 0.25) is 10.0 Å². The monoisotopic (exact) mass is 474 g/mol. The Labute approximate surface area is 191 Å². The molecule has 168 valence electrons. The van der Waals surface area contributed by atoms with Crippen molar-refractivity contribution in [1.29, 1.82) is 0 Å². The van der Waals surface area contributed by atoms with Gasteiger partial charge in [0, 0.05) is 16.9 Å². The van der Waals surface area contributed by atoms with E-state index in [4.69, 9.17) is 16.3 Å². The number of carbonyl (C=O) groups excluding carboxylic acids is 1. The first-order valence-corrected chi connectivity index (χ1v) is 12.3. The molecule has 0 unspecified atom stereocenters. The van der Waals surface area contributed by atoms with Gasteiger partial charge in [0.15, 0.2) is 0 Å². The molecular weight excluding hydrogens is 452 g/mol. The summed E-state index contributed by atoms with van der Waals surface area (Å²) in [4.78, 5) is 12.7. The third-order valence-electron chi connectivity index (χ3n) is 5.15. The lowest BCUT2D eigenvalue weighted by Gasteiger charge is -2.36. The van der Waals surface area contributed by atoms with Crippen molar-refractivity contribution in [3.8, 4) is 0 Å². The number of carbonyl (C=O) groups is 1.